The highest BCUT2D eigenvalue weighted by atomic mass is 16.6. The van der Waals surface area contributed by atoms with E-state index in [4.69, 9.17) is 10.5 Å². The van der Waals surface area contributed by atoms with Gasteiger partial charge in [-0.05, 0) is 0 Å². The number of nitrogens with zero attached hydrogens (tertiary/aromatic N) is 4. The van der Waals surface area contributed by atoms with Crippen LogP contribution in [0.4, 0.5) is 5.82 Å². The minimum atomic E-state index is -1.65. The molecule has 9 nitrogen and oxygen atoms in total. The van der Waals surface area contributed by atoms with Gasteiger partial charge in [0.25, 0.3) is 0 Å². The van der Waals surface area contributed by atoms with E-state index in [1.807, 2.05) is 0 Å². The van der Waals surface area contributed by atoms with Crippen molar-refractivity contribution in [3.05, 3.63) is 25.0 Å². The summed E-state index contributed by atoms with van der Waals surface area (Å²) in [7, 11) is 0. The van der Waals surface area contributed by atoms with Crippen LogP contribution in [0.2, 0.25) is 0 Å². The quantitative estimate of drug-likeness (QED) is 0.511. The molecule has 0 bridgehead atoms. The third-order valence-corrected chi connectivity index (χ3v) is 3.40. The van der Waals surface area contributed by atoms with Crippen LogP contribution < -0.4 is 5.73 Å². The van der Waals surface area contributed by atoms with Crippen molar-refractivity contribution in [3.8, 4) is 0 Å². The van der Waals surface area contributed by atoms with Gasteiger partial charge >= 0.3 is 0 Å². The van der Waals surface area contributed by atoms with E-state index in [0.29, 0.717) is 5.52 Å². The molecule has 1 saturated heterocycles. The summed E-state index contributed by atoms with van der Waals surface area (Å²) in [4.78, 5) is 11.9. The molecule has 5 N–H and O–H groups in total. The number of rotatable bonds is 2. The van der Waals surface area contributed by atoms with E-state index >= 15 is 0 Å². The van der Waals surface area contributed by atoms with E-state index < -0.39 is 24.5 Å². The molecule has 0 aromatic carbocycles. The topological polar surface area (TPSA) is 140 Å². The minimum absolute atomic E-state index is 0.0459. The molecule has 2 aromatic heterocycles. The van der Waals surface area contributed by atoms with E-state index in [0.717, 1.165) is 0 Å². The standard InChI is InChI=1S/C11H13N5O4/c1-5-7(18)8(19)11(2-17,20-5)16-4-15-6-9(12)13-3-14-10(6)16/h3-4,7-8,17-19H,1-2H2,(H2,12,13,14)/t7-,8-,11+/m1/s1. The van der Waals surface area contributed by atoms with Crippen LogP contribution in [0.15, 0.2) is 25.0 Å². The van der Waals surface area contributed by atoms with Gasteiger partial charge in [-0.2, -0.15) is 0 Å². The molecule has 2 aromatic rings. The Bertz CT molecular complexity index is 687. The SMILES string of the molecule is C=C1O[C@](CO)(n2cnc3c(N)ncnc32)[C@H](O)[C@@H]1O. The number of fused-ring (bicyclic) bond motifs is 1. The summed E-state index contributed by atoms with van der Waals surface area (Å²) in [6.45, 7) is 2.89. The number of nitrogen functional groups attached to an aromatic ring is 1. The van der Waals surface area contributed by atoms with E-state index in [2.05, 4.69) is 21.5 Å². The number of ether oxygens (including phenoxy) is 1. The van der Waals surface area contributed by atoms with Gasteiger partial charge in [0.15, 0.2) is 11.5 Å². The summed E-state index contributed by atoms with van der Waals surface area (Å²) in [6.07, 6.45) is -0.207. The lowest BCUT2D eigenvalue weighted by molar-refractivity contribution is -0.140. The summed E-state index contributed by atoms with van der Waals surface area (Å²) < 4.78 is 6.70. The molecule has 106 valence electrons. The number of aliphatic hydroxyl groups is 3. The Kier molecular flexibility index (Phi) is 2.64. The van der Waals surface area contributed by atoms with Crippen LogP contribution >= 0.6 is 0 Å². The van der Waals surface area contributed by atoms with E-state index in [1.54, 1.807) is 0 Å². The molecular formula is C11H13N5O4. The number of anilines is 1. The van der Waals surface area contributed by atoms with Gasteiger partial charge in [-0.3, -0.25) is 4.57 Å². The highest BCUT2D eigenvalue weighted by molar-refractivity contribution is 5.81. The minimum Gasteiger partial charge on any atom is -0.464 e. The Labute approximate surface area is 113 Å². The number of hydrogen-bond donors (Lipinski definition) is 4. The van der Waals surface area contributed by atoms with Crippen LogP contribution in [-0.4, -0.2) is 53.7 Å². The van der Waals surface area contributed by atoms with Crippen LogP contribution in [0.3, 0.4) is 0 Å². The van der Waals surface area contributed by atoms with Crippen molar-refractivity contribution in [3.63, 3.8) is 0 Å². The fraction of sp³-hybridized carbons (Fsp3) is 0.364. The molecule has 3 rings (SSSR count). The maximum absolute atomic E-state index is 10.2. The molecule has 0 aliphatic carbocycles. The highest BCUT2D eigenvalue weighted by Gasteiger charge is 2.54. The average Bonchev–Trinajstić information content (AvgIpc) is 2.96. The molecule has 0 radical (unpaired) electrons. The Morgan fingerprint density at radius 1 is 1.40 bits per heavy atom. The van der Waals surface area contributed by atoms with Crippen LogP contribution in [0.25, 0.3) is 11.2 Å². The first-order chi connectivity index (χ1) is 9.51. The molecule has 0 saturated carbocycles. The van der Waals surface area contributed by atoms with Gasteiger partial charge in [-0.1, -0.05) is 6.58 Å². The number of aliphatic hydroxyl groups excluding tert-OH is 3. The first-order valence-corrected chi connectivity index (χ1v) is 5.80. The summed E-state index contributed by atoms with van der Waals surface area (Å²) in [5, 5.41) is 29.6. The molecule has 0 spiro atoms. The lowest BCUT2D eigenvalue weighted by Crippen LogP contribution is -2.48. The molecule has 20 heavy (non-hydrogen) atoms. The molecule has 0 amide bonds. The molecular weight excluding hydrogens is 266 g/mol. The Balaban J connectivity index is 2.23. The summed E-state index contributed by atoms with van der Waals surface area (Å²) >= 11 is 0. The zero-order valence-corrected chi connectivity index (χ0v) is 10.3. The zero-order valence-electron chi connectivity index (χ0n) is 10.3. The second-order valence-electron chi connectivity index (χ2n) is 4.51. The molecule has 3 heterocycles. The Morgan fingerprint density at radius 2 is 2.15 bits per heavy atom. The van der Waals surface area contributed by atoms with Crippen molar-refractivity contribution in [2.45, 2.75) is 17.9 Å². The Hall–Kier alpha value is -2.23. The molecule has 9 heteroatoms. The van der Waals surface area contributed by atoms with Crippen molar-refractivity contribution in [1.29, 1.82) is 0 Å². The molecule has 1 aliphatic heterocycles. The van der Waals surface area contributed by atoms with E-state index in [-0.39, 0.29) is 17.2 Å². The predicted molar refractivity (Wildman–Crippen MR) is 67.0 cm³/mol. The average molecular weight is 279 g/mol. The summed E-state index contributed by atoms with van der Waals surface area (Å²) in [5.41, 5.74) is 4.61. The number of aromatic nitrogens is 4. The van der Waals surface area contributed by atoms with Crippen LogP contribution in [0.5, 0.6) is 0 Å². The second kappa shape index (κ2) is 4.13. The molecule has 1 aliphatic rings. The van der Waals surface area contributed by atoms with Crippen molar-refractivity contribution in [2.24, 2.45) is 0 Å². The lowest BCUT2D eigenvalue weighted by atomic mass is 10.0. The maximum atomic E-state index is 10.2. The molecule has 1 fully saturated rings. The molecule has 3 atom stereocenters. The van der Waals surface area contributed by atoms with Crippen molar-refractivity contribution < 1.29 is 20.1 Å². The van der Waals surface area contributed by atoms with Crippen molar-refractivity contribution in [1.82, 2.24) is 19.5 Å². The molecule has 0 unspecified atom stereocenters. The third-order valence-electron chi connectivity index (χ3n) is 3.40. The largest absolute Gasteiger partial charge is 0.464 e. The zero-order chi connectivity index (χ0) is 14.5. The van der Waals surface area contributed by atoms with Crippen molar-refractivity contribution in [2.75, 3.05) is 12.3 Å². The van der Waals surface area contributed by atoms with Gasteiger partial charge in [0.05, 0.1) is 0 Å². The smallest absolute Gasteiger partial charge is 0.240 e. The number of imidazole rings is 1. The monoisotopic (exact) mass is 279 g/mol. The first kappa shape index (κ1) is 12.8. The van der Waals surface area contributed by atoms with Gasteiger partial charge in [-0.25, -0.2) is 15.0 Å². The lowest BCUT2D eigenvalue weighted by Gasteiger charge is -2.30. The summed E-state index contributed by atoms with van der Waals surface area (Å²) in [6, 6.07) is 0. The maximum Gasteiger partial charge on any atom is 0.240 e. The van der Waals surface area contributed by atoms with Gasteiger partial charge in [0, 0.05) is 0 Å². The van der Waals surface area contributed by atoms with Crippen molar-refractivity contribution >= 4 is 17.0 Å². The fourth-order valence-corrected chi connectivity index (χ4v) is 2.29. The van der Waals surface area contributed by atoms with Gasteiger partial charge in [0.1, 0.15) is 42.7 Å². The Morgan fingerprint density at radius 3 is 2.75 bits per heavy atom. The summed E-state index contributed by atoms with van der Waals surface area (Å²) in [5.74, 6) is 0.115. The number of nitrogens with two attached hydrogens (primary N) is 1. The normalized spacial score (nSPS) is 29.9. The van der Waals surface area contributed by atoms with Gasteiger partial charge in [-0.15, -0.1) is 0 Å². The fourth-order valence-electron chi connectivity index (χ4n) is 2.29. The predicted octanol–water partition coefficient (Wildman–Crippen LogP) is -1.68. The van der Waals surface area contributed by atoms with Gasteiger partial charge < -0.3 is 25.8 Å². The van der Waals surface area contributed by atoms with Crippen LogP contribution in [-0.2, 0) is 10.5 Å². The van der Waals surface area contributed by atoms with Crippen LogP contribution in [0.1, 0.15) is 0 Å². The highest BCUT2D eigenvalue weighted by Crippen LogP contribution is 2.38. The second-order valence-corrected chi connectivity index (χ2v) is 4.51. The van der Waals surface area contributed by atoms with E-state index in [9.17, 15) is 15.3 Å². The first-order valence-electron chi connectivity index (χ1n) is 5.80. The van der Waals surface area contributed by atoms with Gasteiger partial charge in [0.2, 0.25) is 5.72 Å². The third kappa shape index (κ3) is 1.45. The number of hydrogen-bond acceptors (Lipinski definition) is 8. The van der Waals surface area contributed by atoms with Crippen LogP contribution in [0, 0.1) is 0 Å². The van der Waals surface area contributed by atoms with E-state index in [1.165, 1.54) is 17.2 Å².